The van der Waals surface area contributed by atoms with Crippen LogP contribution in [0.2, 0.25) is 0 Å². The lowest BCUT2D eigenvalue weighted by Gasteiger charge is -2.36. The highest BCUT2D eigenvalue weighted by Crippen LogP contribution is 2.47. The Kier molecular flexibility index (Phi) is 5.56. The van der Waals surface area contributed by atoms with E-state index in [4.69, 9.17) is 14.6 Å². The van der Waals surface area contributed by atoms with E-state index in [1.165, 1.54) is 18.2 Å². The van der Waals surface area contributed by atoms with Gasteiger partial charge in [0.1, 0.15) is 23.8 Å². The molecule has 2 aliphatic rings. The summed E-state index contributed by atoms with van der Waals surface area (Å²) >= 11 is 0. The fraction of sp³-hybridized carbons (Fsp3) is 0.333. The topological polar surface area (TPSA) is 117 Å². The normalized spacial score (nSPS) is 24.3. The van der Waals surface area contributed by atoms with Gasteiger partial charge in [0.05, 0.1) is 24.8 Å². The maximum absolute atomic E-state index is 13.7. The van der Waals surface area contributed by atoms with Crippen LogP contribution in [0.3, 0.4) is 0 Å². The number of hydrogen-bond donors (Lipinski definition) is 4. The molecule has 2 aromatic carbocycles. The number of aliphatic hydroxyl groups is 1. The molecule has 0 unspecified atom stereocenters. The molecule has 8 nitrogen and oxygen atoms in total. The summed E-state index contributed by atoms with van der Waals surface area (Å²) in [5, 5.41) is 23.9. The first-order valence-electron chi connectivity index (χ1n) is 9.56. The molecule has 0 saturated carbocycles. The Bertz CT molecular complexity index is 968. The molecule has 4 atom stereocenters. The zero-order chi connectivity index (χ0) is 21.3. The number of benzene rings is 2. The Balaban J connectivity index is 1.50. The van der Waals surface area contributed by atoms with Crippen LogP contribution in [0.4, 0.5) is 20.6 Å². The second kappa shape index (κ2) is 8.29. The number of ether oxygens (including phenoxy) is 2. The monoisotopic (exact) mass is 416 g/mol. The van der Waals surface area contributed by atoms with E-state index >= 15 is 0 Å². The molecule has 2 aliphatic heterocycles. The highest BCUT2D eigenvalue weighted by atomic mass is 19.1. The summed E-state index contributed by atoms with van der Waals surface area (Å²) < 4.78 is 25.3. The van der Waals surface area contributed by atoms with E-state index < -0.39 is 36.1 Å². The molecule has 1 fully saturated rings. The number of para-hydroxylation sites is 1. The first kappa shape index (κ1) is 20.1. The van der Waals surface area contributed by atoms with E-state index in [1.54, 1.807) is 24.3 Å². The Morgan fingerprint density at radius 1 is 1.17 bits per heavy atom. The Labute approximate surface area is 171 Å². The van der Waals surface area contributed by atoms with Crippen molar-refractivity contribution in [3.05, 3.63) is 53.8 Å². The highest BCUT2D eigenvalue weighted by molar-refractivity contribution is 5.99. The van der Waals surface area contributed by atoms with Crippen molar-refractivity contribution in [3.63, 3.8) is 0 Å². The van der Waals surface area contributed by atoms with Crippen molar-refractivity contribution in [1.29, 1.82) is 0 Å². The van der Waals surface area contributed by atoms with Crippen molar-refractivity contribution in [2.75, 3.05) is 17.2 Å². The number of carbonyl (C=O) groups is 2. The number of aliphatic carboxylic acids is 1. The summed E-state index contributed by atoms with van der Waals surface area (Å²) in [6.45, 7) is -0.290. The lowest BCUT2D eigenvalue weighted by Crippen LogP contribution is -2.46. The van der Waals surface area contributed by atoms with Crippen molar-refractivity contribution < 1.29 is 33.7 Å². The van der Waals surface area contributed by atoms with Crippen LogP contribution in [0, 0.1) is 5.82 Å². The van der Waals surface area contributed by atoms with Crippen molar-refractivity contribution in [3.8, 4) is 5.75 Å². The predicted octanol–water partition coefficient (Wildman–Crippen LogP) is 2.94. The van der Waals surface area contributed by atoms with Crippen LogP contribution < -0.4 is 15.4 Å². The summed E-state index contributed by atoms with van der Waals surface area (Å²) in [7, 11) is 0. The van der Waals surface area contributed by atoms with Gasteiger partial charge in [-0.25, -0.2) is 9.18 Å². The maximum atomic E-state index is 13.7. The van der Waals surface area contributed by atoms with Gasteiger partial charge in [0.2, 0.25) is 0 Å². The van der Waals surface area contributed by atoms with Gasteiger partial charge in [0.15, 0.2) is 0 Å². The van der Waals surface area contributed by atoms with Crippen molar-refractivity contribution in [2.45, 2.75) is 37.1 Å². The molecule has 0 radical (unpaired) electrons. The molecule has 0 aliphatic carbocycles. The van der Waals surface area contributed by atoms with Crippen LogP contribution in [-0.2, 0) is 9.53 Å². The van der Waals surface area contributed by atoms with Crippen LogP contribution in [0.5, 0.6) is 5.75 Å². The molecule has 2 heterocycles. The van der Waals surface area contributed by atoms with Crippen LogP contribution in [-0.4, -0.2) is 47.1 Å². The van der Waals surface area contributed by atoms with Crippen LogP contribution in [0.25, 0.3) is 0 Å². The molecule has 1 saturated heterocycles. The molecular weight excluding hydrogens is 395 g/mol. The zero-order valence-corrected chi connectivity index (χ0v) is 15.9. The van der Waals surface area contributed by atoms with Gasteiger partial charge in [-0.05, 0) is 36.8 Å². The molecule has 0 bridgehead atoms. The minimum atomic E-state index is -0.977. The van der Waals surface area contributed by atoms with Gasteiger partial charge < -0.3 is 30.3 Å². The summed E-state index contributed by atoms with van der Waals surface area (Å²) in [4.78, 5) is 23.3. The van der Waals surface area contributed by atoms with E-state index in [0.717, 1.165) is 5.56 Å². The van der Waals surface area contributed by atoms with E-state index in [9.17, 15) is 19.1 Å². The number of hydrogen-bond acceptors (Lipinski definition) is 5. The number of carboxylic acids is 1. The standard InChI is InChI=1S/C21H21FN2O6/c22-15-3-1-2-4-16(15)24-21(28)23-11-5-6-17-13(7-11)14-8-12(9-19(26)27)29-18(10-25)20(14)30-17/h1-7,12,14,18,20,25H,8-10H2,(H,26,27)(H2,23,24,28)/t12-,14+,18-,20-/m0/s1. The predicted molar refractivity (Wildman–Crippen MR) is 105 cm³/mol. The van der Waals surface area contributed by atoms with Gasteiger partial charge >= 0.3 is 12.0 Å². The molecule has 9 heteroatoms. The van der Waals surface area contributed by atoms with Gasteiger partial charge in [-0.1, -0.05) is 12.1 Å². The Hall–Kier alpha value is -3.17. The second-order valence-electron chi connectivity index (χ2n) is 7.31. The number of carboxylic acid groups (broad SMARTS) is 1. The SMILES string of the molecule is O=C(O)C[C@@H]1C[C@@H]2c3cc(NC(=O)Nc4ccccc4F)ccc3O[C@@H]2[C@H](CO)O1. The average molecular weight is 416 g/mol. The molecule has 4 rings (SSSR count). The Morgan fingerprint density at radius 3 is 2.70 bits per heavy atom. The minimum Gasteiger partial charge on any atom is -0.487 e. The first-order chi connectivity index (χ1) is 14.4. The third kappa shape index (κ3) is 4.07. The van der Waals surface area contributed by atoms with Crippen molar-refractivity contribution >= 4 is 23.4 Å². The van der Waals surface area contributed by atoms with Gasteiger partial charge in [-0.2, -0.15) is 0 Å². The number of rotatable bonds is 5. The van der Waals surface area contributed by atoms with Crippen LogP contribution in [0.15, 0.2) is 42.5 Å². The van der Waals surface area contributed by atoms with Gasteiger partial charge in [-0.3, -0.25) is 4.79 Å². The van der Waals surface area contributed by atoms with Crippen LogP contribution in [0.1, 0.15) is 24.3 Å². The number of nitrogens with one attached hydrogen (secondary N) is 2. The summed E-state index contributed by atoms with van der Waals surface area (Å²) in [6.07, 6.45) is -1.36. The molecule has 158 valence electrons. The molecule has 0 aromatic heterocycles. The smallest absolute Gasteiger partial charge is 0.323 e. The first-order valence-corrected chi connectivity index (χ1v) is 9.56. The molecular formula is C21H21FN2O6. The number of urea groups is 1. The number of anilines is 2. The number of carbonyl (C=O) groups excluding carboxylic acids is 1. The second-order valence-corrected chi connectivity index (χ2v) is 7.31. The summed E-state index contributed by atoms with van der Waals surface area (Å²) in [5.41, 5.74) is 1.35. The number of halogens is 1. The number of fused-ring (bicyclic) bond motifs is 3. The quantitative estimate of drug-likeness (QED) is 0.595. The fourth-order valence-electron chi connectivity index (χ4n) is 4.01. The molecule has 30 heavy (non-hydrogen) atoms. The van der Waals surface area contributed by atoms with Crippen LogP contribution >= 0.6 is 0 Å². The maximum Gasteiger partial charge on any atom is 0.323 e. The van der Waals surface area contributed by atoms with Gasteiger partial charge in [-0.15, -0.1) is 0 Å². The van der Waals surface area contributed by atoms with E-state index in [1.807, 2.05) is 0 Å². The lowest BCUT2D eigenvalue weighted by atomic mass is 9.84. The van der Waals surface area contributed by atoms with Crippen molar-refractivity contribution in [1.82, 2.24) is 0 Å². The zero-order valence-electron chi connectivity index (χ0n) is 15.9. The third-order valence-electron chi connectivity index (χ3n) is 5.28. The number of amides is 2. The van der Waals surface area contributed by atoms with E-state index in [0.29, 0.717) is 17.9 Å². The molecule has 4 N–H and O–H groups in total. The fourth-order valence-corrected chi connectivity index (χ4v) is 4.01. The summed E-state index contributed by atoms with van der Waals surface area (Å²) in [5.74, 6) is -1.09. The van der Waals surface area contributed by atoms with E-state index in [-0.39, 0.29) is 24.6 Å². The molecule has 0 spiro atoms. The van der Waals surface area contributed by atoms with Gasteiger partial charge in [0.25, 0.3) is 0 Å². The average Bonchev–Trinajstić information content (AvgIpc) is 3.06. The van der Waals surface area contributed by atoms with Crippen molar-refractivity contribution in [2.24, 2.45) is 0 Å². The van der Waals surface area contributed by atoms with E-state index in [2.05, 4.69) is 10.6 Å². The largest absolute Gasteiger partial charge is 0.487 e. The third-order valence-corrected chi connectivity index (χ3v) is 5.28. The van der Waals surface area contributed by atoms with Gasteiger partial charge in [0, 0.05) is 17.2 Å². The Morgan fingerprint density at radius 2 is 1.97 bits per heavy atom. The highest BCUT2D eigenvalue weighted by Gasteiger charge is 2.46. The number of aliphatic hydroxyl groups excluding tert-OH is 1. The summed E-state index contributed by atoms with van der Waals surface area (Å²) in [6, 6.07) is 10.3. The molecule has 2 amide bonds. The molecule has 2 aromatic rings. The lowest BCUT2D eigenvalue weighted by molar-refractivity contribution is -0.153. The minimum absolute atomic E-state index is 0.0614.